The first-order valence-electron chi connectivity index (χ1n) is 9.81. The van der Waals surface area contributed by atoms with Gasteiger partial charge in [-0.2, -0.15) is 0 Å². The number of nitrogens with one attached hydrogen (secondary N) is 1. The van der Waals surface area contributed by atoms with Crippen LogP contribution in [0.4, 0.5) is 11.4 Å². The molecule has 0 saturated heterocycles. The van der Waals surface area contributed by atoms with Gasteiger partial charge in [0, 0.05) is 24.4 Å². The predicted octanol–water partition coefficient (Wildman–Crippen LogP) is 5.45. The molecule has 0 radical (unpaired) electrons. The normalized spacial score (nSPS) is 15.0. The van der Waals surface area contributed by atoms with Crippen LogP contribution in [0.25, 0.3) is 0 Å². The molecule has 0 bridgehead atoms. The third-order valence-corrected chi connectivity index (χ3v) is 5.30. The van der Waals surface area contributed by atoms with Crippen molar-refractivity contribution in [3.05, 3.63) is 96.1 Å². The number of fused-ring (bicyclic) bond motifs is 1. The lowest BCUT2D eigenvalue weighted by atomic mass is 9.87. The fraction of sp³-hybridized carbons (Fsp3) is 0.240. The highest BCUT2D eigenvalue weighted by molar-refractivity contribution is 5.98. The molecule has 3 heteroatoms. The molecule has 1 aliphatic heterocycles. The Labute approximate surface area is 167 Å². The molecule has 3 aromatic carbocycles. The molecule has 0 unspecified atom stereocenters. The molecule has 1 heterocycles. The van der Waals surface area contributed by atoms with E-state index in [2.05, 4.69) is 43.4 Å². The molecule has 1 N–H and O–H groups in total. The molecule has 1 amide bonds. The summed E-state index contributed by atoms with van der Waals surface area (Å²) >= 11 is 0. The van der Waals surface area contributed by atoms with Crippen LogP contribution < -0.4 is 10.2 Å². The number of hydrogen-bond donors (Lipinski definition) is 1. The minimum atomic E-state index is -0.168. The van der Waals surface area contributed by atoms with Crippen LogP contribution in [-0.4, -0.2) is 18.0 Å². The maximum atomic E-state index is 13.5. The SMILES string of the molecule is CC1(C)CN(C(=O)CC(c2ccccc2)c2ccccc2)c2ccccc2N1. The van der Waals surface area contributed by atoms with Crippen LogP contribution in [0.15, 0.2) is 84.9 Å². The molecular formula is C25H26N2O. The molecule has 0 spiro atoms. The van der Waals surface area contributed by atoms with E-state index in [1.165, 1.54) is 11.1 Å². The van der Waals surface area contributed by atoms with Gasteiger partial charge in [0.2, 0.25) is 5.91 Å². The van der Waals surface area contributed by atoms with E-state index >= 15 is 0 Å². The Morgan fingerprint density at radius 1 is 0.893 bits per heavy atom. The fourth-order valence-corrected chi connectivity index (χ4v) is 4.01. The molecule has 3 nitrogen and oxygen atoms in total. The zero-order chi connectivity index (χ0) is 19.6. The number of para-hydroxylation sites is 2. The molecule has 1 aliphatic rings. The van der Waals surface area contributed by atoms with Crippen molar-refractivity contribution in [3.63, 3.8) is 0 Å². The van der Waals surface area contributed by atoms with E-state index in [0.717, 1.165) is 11.4 Å². The Morgan fingerprint density at radius 2 is 1.43 bits per heavy atom. The Balaban J connectivity index is 1.67. The fourth-order valence-electron chi connectivity index (χ4n) is 4.01. The minimum absolute atomic E-state index is 0.0417. The number of nitrogens with zero attached hydrogens (tertiary/aromatic N) is 1. The molecule has 28 heavy (non-hydrogen) atoms. The standard InChI is InChI=1S/C25H26N2O/c1-25(2)18-27(23-16-10-9-15-22(23)26-25)24(28)17-21(19-11-5-3-6-12-19)20-13-7-4-8-14-20/h3-16,21,26H,17-18H2,1-2H3. The van der Waals surface area contributed by atoms with E-state index in [9.17, 15) is 4.79 Å². The van der Waals surface area contributed by atoms with Gasteiger partial charge in [-0.3, -0.25) is 4.79 Å². The van der Waals surface area contributed by atoms with E-state index in [1.54, 1.807) is 0 Å². The molecule has 0 aliphatic carbocycles. The number of anilines is 2. The Kier molecular flexibility index (Phi) is 4.91. The molecule has 0 fully saturated rings. The van der Waals surface area contributed by atoms with Crippen LogP contribution in [0.1, 0.15) is 37.3 Å². The third kappa shape index (κ3) is 3.79. The molecule has 0 aromatic heterocycles. The first kappa shape index (κ1) is 18.3. The van der Waals surface area contributed by atoms with Gasteiger partial charge in [0.05, 0.1) is 11.4 Å². The minimum Gasteiger partial charge on any atom is -0.377 e. The van der Waals surface area contributed by atoms with Gasteiger partial charge in [0.1, 0.15) is 0 Å². The van der Waals surface area contributed by atoms with Gasteiger partial charge in [0.15, 0.2) is 0 Å². The summed E-state index contributed by atoms with van der Waals surface area (Å²) in [7, 11) is 0. The summed E-state index contributed by atoms with van der Waals surface area (Å²) < 4.78 is 0. The lowest BCUT2D eigenvalue weighted by molar-refractivity contribution is -0.119. The van der Waals surface area contributed by atoms with Gasteiger partial charge in [0.25, 0.3) is 0 Å². The predicted molar refractivity (Wildman–Crippen MR) is 116 cm³/mol. The third-order valence-electron chi connectivity index (χ3n) is 5.30. The summed E-state index contributed by atoms with van der Waals surface area (Å²) in [5, 5.41) is 3.54. The molecular weight excluding hydrogens is 344 g/mol. The van der Waals surface area contributed by atoms with E-state index in [-0.39, 0.29) is 17.4 Å². The average Bonchev–Trinajstić information content (AvgIpc) is 2.72. The Hall–Kier alpha value is -3.07. The van der Waals surface area contributed by atoms with Crippen molar-refractivity contribution in [2.75, 3.05) is 16.8 Å². The summed E-state index contributed by atoms with van der Waals surface area (Å²) in [5.74, 6) is 0.194. The zero-order valence-corrected chi connectivity index (χ0v) is 16.4. The van der Waals surface area contributed by atoms with Crippen molar-refractivity contribution in [1.29, 1.82) is 0 Å². The van der Waals surface area contributed by atoms with Crippen LogP contribution in [0.2, 0.25) is 0 Å². The van der Waals surface area contributed by atoms with Crippen molar-refractivity contribution in [2.45, 2.75) is 31.7 Å². The van der Waals surface area contributed by atoms with Crippen molar-refractivity contribution in [1.82, 2.24) is 0 Å². The van der Waals surface area contributed by atoms with Crippen LogP contribution in [0, 0.1) is 0 Å². The van der Waals surface area contributed by atoms with Crippen LogP contribution in [0.3, 0.4) is 0 Å². The largest absolute Gasteiger partial charge is 0.377 e. The Morgan fingerprint density at radius 3 is 2.04 bits per heavy atom. The smallest absolute Gasteiger partial charge is 0.228 e. The first-order chi connectivity index (χ1) is 13.5. The summed E-state index contributed by atoms with van der Waals surface area (Å²) in [4.78, 5) is 15.5. The second-order valence-corrected chi connectivity index (χ2v) is 8.08. The van der Waals surface area contributed by atoms with E-state index < -0.39 is 0 Å². The maximum absolute atomic E-state index is 13.5. The highest BCUT2D eigenvalue weighted by Gasteiger charge is 2.33. The van der Waals surface area contributed by atoms with Gasteiger partial charge >= 0.3 is 0 Å². The van der Waals surface area contributed by atoms with Gasteiger partial charge in [-0.25, -0.2) is 0 Å². The Bertz CT molecular complexity index is 911. The van der Waals surface area contributed by atoms with Crippen molar-refractivity contribution in [2.24, 2.45) is 0 Å². The number of amides is 1. The second kappa shape index (κ2) is 7.51. The summed E-state index contributed by atoms with van der Waals surface area (Å²) in [6, 6.07) is 28.7. The quantitative estimate of drug-likeness (QED) is 0.663. The number of carbonyl (C=O) groups is 1. The molecule has 4 rings (SSSR count). The lowest BCUT2D eigenvalue weighted by Crippen LogP contribution is -2.51. The highest BCUT2D eigenvalue weighted by atomic mass is 16.2. The lowest BCUT2D eigenvalue weighted by Gasteiger charge is -2.41. The van der Waals surface area contributed by atoms with Crippen molar-refractivity contribution < 1.29 is 4.79 Å². The first-order valence-corrected chi connectivity index (χ1v) is 9.81. The van der Waals surface area contributed by atoms with E-state index in [0.29, 0.717) is 13.0 Å². The van der Waals surface area contributed by atoms with Crippen LogP contribution >= 0.6 is 0 Å². The average molecular weight is 370 g/mol. The number of carbonyl (C=O) groups excluding carboxylic acids is 1. The van der Waals surface area contributed by atoms with Gasteiger partial charge < -0.3 is 10.2 Å². The number of benzene rings is 3. The topological polar surface area (TPSA) is 32.3 Å². The number of rotatable bonds is 4. The van der Waals surface area contributed by atoms with E-state index in [1.807, 2.05) is 65.6 Å². The van der Waals surface area contributed by atoms with Gasteiger partial charge in [-0.05, 0) is 37.1 Å². The van der Waals surface area contributed by atoms with Crippen LogP contribution in [0.5, 0.6) is 0 Å². The number of hydrogen-bond acceptors (Lipinski definition) is 2. The van der Waals surface area contributed by atoms with Gasteiger partial charge in [-0.15, -0.1) is 0 Å². The van der Waals surface area contributed by atoms with Crippen molar-refractivity contribution >= 4 is 17.3 Å². The maximum Gasteiger partial charge on any atom is 0.228 e. The van der Waals surface area contributed by atoms with Gasteiger partial charge in [-0.1, -0.05) is 72.8 Å². The van der Waals surface area contributed by atoms with E-state index in [4.69, 9.17) is 0 Å². The van der Waals surface area contributed by atoms with Crippen molar-refractivity contribution in [3.8, 4) is 0 Å². The molecule has 3 aromatic rings. The highest BCUT2D eigenvalue weighted by Crippen LogP contribution is 2.36. The monoisotopic (exact) mass is 370 g/mol. The van der Waals surface area contributed by atoms with Crippen LogP contribution in [-0.2, 0) is 4.79 Å². The second-order valence-electron chi connectivity index (χ2n) is 8.08. The summed E-state index contributed by atoms with van der Waals surface area (Å²) in [5.41, 5.74) is 4.16. The summed E-state index contributed by atoms with van der Waals surface area (Å²) in [6.07, 6.45) is 0.443. The summed E-state index contributed by atoms with van der Waals surface area (Å²) in [6.45, 7) is 4.92. The molecule has 0 atom stereocenters. The molecule has 142 valence electrons. The zero-order valence-electron chi connectivity index (χ0n) is 16.4. The molecule has 0 saturated carbocycles.